The predicted molar refractivity (Wildman–Crippen MR) is 94.9 cm³/mol. The fourth-order valence-electron chi connectivity index (χ4n) is 1.72. The van der Waals surface area contributed by atoms with Crippen LogP contribution in [0.5, 0.6) is 5.75 Å². The van der Waals surface area contributed by atoms with E-state index in [2.05, 4.69) is 10.7 Å². The first kappa shape index (κ1) is 21.7. The van der Waals surface area contributed by atoms with Crippen LogP contribution in [0, 0.1) is 0 Å². The van der Waals surface area contributed by atoms with E-state index in [4.69, 9.17) is 9.47 Å². The van der Waals surface area contributed by atoms with Crippen LogP contribution in [-0.4, -0.2) is 39.2 Å². The third kappa shape index (κ3) is 8.17. The van der Waals surface area contributed by atoms with Gasteiger partial charge in [0, 0.05) is 13.0 Å². The van der Waals surface area contributed by atoms with Gasteiger partial charge in [-0.15, -0.1) is 4.83 Å². The van der Waals surface area contributed by atoms with Crippen LogP contribution in [0.1, 0.15) is 34.1 Å². The van der Waals surface area contributed by atoms with Crippen LogP contribution in [0.15, 0.2) is 29.2 Å². The summed E-state index contributed by atoms with van der Waals surface area (Å²) in [4.78, 5) is 25.1. The smallest absolute Gasteiger partial charge is 0.407 e. The molecule has 0 aliphatic carbocycles. The lowest BCUT2D eigenvalue weighted by molar-refractivity contribution is -0.121. The number of carbonyl (C=O) groups excluding carboxylic acids is 2. The molecule has 0 heterocycles. The quantitative estimate of drug-likeness (QED) is 0.578. The zero-order valence-corrected chi connectivity index (χ0v) is 16.1. The van der Waals surface area contributed by atoms with Gasteiger partial charge in [0.25, 0.3) is 10.0 Å². The Labute approximate surface area is 153 Å². The predicted octanol–water partition coefficient (Wildman–Crippen LogP) is 1.31. The minimum absolute atomic E-state index is 0.00548. The summed E-state index contributed by atoms with van der Waals surface area (Å²) in [7, 11) is -3.90. The number of rotatable bonds is 8. The molecule has 2 amide bonds. The van der Waals surface area contributed by atoms with Gasteiger partial charge in [-0.25, -0.2) is 13.2 Å². The number of sulfonamides is 1. The number of hydrogen-bond donors (Lipinski definition) is 3. The molecular weight excluding hydrogens is 362 g/mol. The molecule has 26 heavy (non-hydrogen) atoms. The van der Waals surface area contributed by atoms with Crippen LogP contribution in [0.3, 0.4) is 0 Å². The average molecular weight is 387 g/mol. The number of alkyl carbamates (subject to hydrolysis) is 1. The van der Waals surface area contributed by atoms with Gasteiger partial charge in [-0.3, -0.25) is 10.2 Å². The molecule has 1 aromatic rings. The molecule has 0 bridgehead atoms. The van der Waals surface area contributed by atoms with Gasteiger partial charge in [0.05, 0.1) is 11.5 Å². The van der Waals surface area contributed by atoms with E-state index in [1.807, 2.05) is 11.8 Å². The zero-order valence-electron chi connectivity index (χ0n) is 15.3. The fourth-order valence-corrected chi connectivity index (χ4v) is 2.58. The summed E-state index contributed by atoms with van der Waals surface area (Å²) in [6.07, 6.45) is -0.773. The first-order chi connectivity index (χ1) is 12.0. The minimum Gasteiger partial charge on any atom is -0.494 e. The second kappa shape index (κ2) is 9.39. The zero-order chi connectivity index (χ0) is 19.8. The molecule has 0 aromatic heterocycles. The molecular formula is C16H25N3O6S. The van der Waals surface area contributed by atoms with Gasteiger partial charge in [0.15, 0.2) is 0 Å². The highest BCUT2D eigenvalue weighted by Crippen LogP contribution is 2.15. The first-order valence-electron chi connectivity index (χ1n) is 8.04. The van der Waals surface area contributed by atoms with Crippen LogP contribution >= 0.6 is 0 Å². The second-order valence-electron chi connectivity index (χ2n) is 6.24. The summed E-state index contributed by atoms with van der Waals surface area (Å²) in [5.41, 5.74) is 1.44. The number of benzene rings is 1. The Hall–Kier alpha value is -2.33. The van der Waals surface area contributed by atoms with Crippen molar-refractivity contribution in [3.8, 4) is 5.75 Å². The molecule has 0 fully saturated rings. The topological polar surface area (TPSA) is 123 Å². The number of hydrazine groups is 1. The summed E-state index contributed by atoms with van der Waals surface area (Å²) in [6, 6.07) is 5.77. The average Bonchev–Trinajstić information content (AvgIpc) is 2.52. The van der Waals surface area contributed by atoms with Crippen molar-refractivity contribution < 1.29 is 27.5 Å². The van der Waals surface area contributed by atoms with E-state index in [0.717, 1.165) is 0 Å². The Morgan fingerprint density at radius 1 is 1.12 bits per heavy atom. The molecule has 0 aliphatic rings. The largest absolute Gasteiger partial charge is 0.494 e. The molecule has 3 N–H and O–H groups in total. The molecule has 146 valence electrons. The van der Waals surface area contributed by atoms with Crippen molar-refractivity contribution in [1.82, 2.24) is 15.6 Å². The van der Waals surface area contributed by atoms with Gasteiger partial charge in [0.1, 0.15) is 11.4 Å². The number of amides is 2. The molecule has 0 spiro atoms. The summed E-state index contributed by atoms with van der Waals surface area (Å²) in [6.45, 7) is 7.45. The molecule has 1 aromatic carbocycles. The molecule has 10 heteroatoms. The third-order valence-corrected chi connectivity index (χ3v) is 4.05. The van der Waals surface area contributed by atoms with E-state index >= 15 is 0 Å². The minimum atomic E-state index is -3.90. The van der Waals surface area contributed by atoms with E-state index in [-0.39, 0.29) is 17.9 Å². The van der Waals surface area contributed by atoms with Crippen LogP contribution in [0.25, 0.3) is 0 Å². The summed E-state index contributed by atoms with van der Waals surface area (Å²) in [5.74, 6) is -0.0562. The van der Waals surface area contributed by atoms with Crippen molar-refractivity contribution in [2.24, 2.45) is 0 Å². The van der Waals surface area contributed by atoms with Gasteiger partial charge in [-0.05, 0) is 52.0 Å². The maximum absolute atomic E-state index is 12.1. The molecule has 0 atom stereocenters. The Bertz CT molecular complexity index is 710. The number of nitrogens with one attached hydrogen (secondary N) is 3. The van der Waals surface area contributed by atoms with Crippen LogP contribution in [0.4, 0.5) is 4.79 Å². The maximum Gasteiger partial charge on any atom is 0.407 e. The van der Waals surface area contributed by atoms with E-state index in [0.29, 0.717) is 12.4 Å². The van der Waals surface area contributed by atoms with Gasteiger partial charge < -0.3 is 14.8 Å². The van der Waals surface area contributed by atoms with E-state index in [1.54, 1.807) is 20.8 Å². The van der Waals surface area contributed by atoms with Crippen molar-refractivity contribution in [2.45, 2.75) is 44.6 Å². The Balaban J connectivity index is 2.42. The van der Waals surface area contributed by atoms with Gasteiger partial charge in [-0.2, -0.15) is 0 Å². The van der Waals surface area contributed by atoms with Gasteiger partial charge in [-0.1, -0.05) is 0 Å². The van der Waals surface area contributed by atoms with Crippen LogP contribution in [-0.2, 0) is 19.6 Å². The first-order valence-corrected chi connectivity index (χ1v) is 9.52. The molecule has 0 radical (unpaired) electrons. The summed E-state index contributed by atoms with van der Waals surface area (Å²) < 4.78 is 34.4. The summed E-state index contributed by atoms with van der Waals surface area (Å²) in [5, 5.41) is 2.40. The lowest BCUT2D eigenvalue weighted by Crippen LogP contribution is -2.43. The van der Waals surface area contributed by atoms with E-state index in [9.17, 15) is 18.0 Å². The molecule has 0 aliphatic heterocycles. The Kier molecular flexibility index (Phi) is 7.84. The van der Waals surface area contributed by atoms with Crippen LogP contribution < -0.4 is 20.3 Å². The van der Waals surface area contributed by atoms with E-state index < -0.39 is 27.6 Å². The monoisotopic (exact) mass is 387 g/mol. The van der Waals surface area contributed by atoms with Gasteiger partial charge in [0.2, 0.25) is 5.91 Å². The lowest BCUT2D eigenvalue weighted by atomic mass is 10.2. The molecule has 9 nitrogen and oxygen atoms in total. The van der Waals surface area contributed by atoms with Crippen molar-refractivity contribution >= 4 is 22.0 Å². The summed E-state index contributed by atoms with van der Waals surface area (Å²) >= 11 is 0. The van der Waals surface area contributed by atoms with Crippen molar-refractivity contribution in [2.75, 3.05) is 13.2 Å². The molecule has 0 unspecified atom stereocenters. The molecule has 1 rings (SSSR count). The van der Waals surface area contributed by atoms with Crippen LogP contribution in [0.2, 0.25) is 0 Å². The SMILES string of the molecule is CCOc1ccc(S(=O)(=O)NNC(=O)CCNC(=O)OC(C)(C)C)cc1. The highest BCUT2D eigenvalue weighted by molar-refractivity contribution is 7.89. The standard InChI is InChI=1S/C16H25N3O6S/c1-5-24-12-6-8-13(9-7-12)26(22,23)19-18-14(20)10-11-17-15(21)25-16(2,3)4/h6-9,19H,5,10-11H2,1-4H3,(H,17,21)(H,18,20). The van der Waals surface area contributed by atoms with E-state index in [1.165, 1.54) is 24.3 Å². The van der Waals surface area contributed by atoms with Crippen molar-refractivity contribution in [3.63, 3.8) is 0 Å². The van der Waals surface area contributed by atoms with Crippen molar-refractivity contribution in [1.29, 1.82) is 0 Å². The normalized spacial score (nSPS) is 11.5. The number of carbonyl (C=O) groups is 2. The number of hydrogen-bond acceptors (Lipinski definition) is 6. The highest BCUT2D eigenvalue weighted by Gasteiger charge is 2.17. The highest BCUT2D eigenvalue weighted by atomic mass is 32.2. The molecule has 0 saturated carbocycles. The third-order valence-electron chi connectivity index (χ3n) is 2.79. The Morgan fingerprint density at radius 3 is 2.27 bits per heavy atom. The second-order valence-corrected chi connectivity index (χ2v) is 7.92. The lowest BCUT2D eigenvalue weighted by Gasteiger charge is -2.19. The fraction of sp³-hybridized carbons (Fsp3) is 0.500. The number of ether oxygens (including phenoxy) is 2. The van der Waals surface area contributed by atoms with Crippen molar-refractivity contribution in [3.05, 3.63) is 24.3 Å². The Morgan fingerprint density at radius 2 is 1.73 bits per heavy atom. The van der Waals surface area contributed by atoms with Gasteiger partial charge >= 0.3 is 6.09 Å². The molecule has 0 saturated heterocycles. The maximum atomic E-state index is 12.1.